The summed E-state index contributed by atoms with van der Waals surface area (Å²) in [6, 6.07) is 0. The van der Waals surface area contributed by atoms with Gasteiger partial charge >= 0.3 is 0 Å². The van der Waals surface area contributed by atoms with Gasteiger partial charge in [0.15, 0.2) is 0 Å². The van der Waals surface area contributed by atoms with Crippen molar-refractivity contribution < 1.29 is 9.90 Å². The van der Waals surface area contributed by atoms with Crippen LogP contribution in [0.1, 0.15) is 0 Å². The van der Waals surface area contributed by atoms with Crippen LogP contribution in [0.4, 0.5) is 0 Å². The molecule has 0 aromatic carbocycles. The van der Waals surface area contributed by atoms with Gasteiger partial charge in [-0.3, -0.25) is 9.93 Å². The normalized spacial score (nSPS) is 5.00. The van der Waals surface area contributed by atoms with Gasteiger partial charge in [-0.25, -0.2) is 0 Å². The van der Waals surface area contributed by atoms with E-state index in [0.29, 0.717) is 0 Å². The third-order valence-electron chi connectivity index (χ3n) is 0. The van der Waals surface area contributed by atoms with Gasteiger partial charge in [0.1, 0.15) is 0 Å². The Kier molecular flexibility index (Phi) is 33.2. The lowest BCUT2D eigenvalue weighted by Gasteiger charge is -1.54. The molecule has 0 radical (unpaired) electrons. The Labute approximate surface area is 40.7 Å². The summed E-state index contributed by atoms with van der Waals surface area (Å²) in [5, 5.41) is 11.7. The van der Waals surface area contributed by atoms with Gasteiger partial charge in [-0.2, -0.15) is 0 Å². The topological polar surface area (TPSA) is 63.3 Å². The van der Waals surface area contributed by atoms with Crippen LogP contribution in [-0.4, -0.2) is 17.8 Å². The number of hydrogen-bond donors (Lipinski definition) is 2. The first-order valence-corrected chi connectivity index (χ1v) is 2.43. The predicted molar refractivity (Wildman–Crippen MR) is 26.4 cm³/mol. The molecule has 0 bridgehead atoms. The molecule has 0 unspecified atom stereocenters. The van der Waals surface area contributed by atoms with E-state index >= 15 is 0 Å². The first-order valence-electron chi connectivity index (χ1n) is 1.14. The summed E-state index contributed by atoms with van der Waals surface area (Å²) < 4.78 is 0. The first kappa shape index (κ1) is 9.24. The largest absolute Gasteiger partial charge is 0.483 e. The Morgan fingerprint density at radius 2 is 2.00 bits per heavy atom. The Morgan fingerprint density at radius 1 is 2.00 bits per heavy atom. The van der Waals surface area contributed by atoms with Crippen LogP contribution in [0, 0.1) is 0 Å². The molecule has 3 nitrogen and oxygen atoms in total. The summed E-state index contributed by atoms with van der Waals surface area (Å²) in [6.45, 7) is -0.250. The van der Waals surface area contributed by atoms with Crippen molar-refractivity contribution in [2.45, 2.75) is 0 Å². The molecule has 0 saturated carbocycles. The molecule has 0 aromatic rings. The van der Waals surface area contributed by atoms with E-state index in [-0.39, 0.29) is 6.47 Å². The van der Waals surface area contributed by atoms with Crippen molar-refractivity contribution in [2.75, 3.05) is 6.26 Å². The molecule has 4 heteroatoms. The van der Waals surface area contributed by atoms with Crippen LogP contribution in [0.15, 0.2) is 0 Å². The Morgan fingerprint density at radius 3 is 2.00 bits per heavy atom. The van der Waals surface area contributed by atoms with E-state index in [1.165, 1.54) is 11.9 Å². The fourth-order valence-electron chi connectivity index (χ4n) is 0. The van der Waals surface area contributed by atoms with Crippen molar-refractivity contribution in [1.82, 2.24) is 0 Å². The second-order valence-corrected chi connectivity index (χ2v) is 0.813. The van der Waals surface area contributed by atoms with Crippen LogP contribution < -0.4 is 5.14 Å². The van der Waals surface area contributed by atoms with E-state index < -0.39 is 0 Å². The average molecular weight is 109 g/mol. The van der Waals surface area contributed by atoms with E-state index in [0.717, 1.165) is 0 Å². The molecule has 6 heavy (non-hydrogen) atoms. The molecular weight excluding hydrogens is 102 g/mol. The zero-order valence-electron chi connectivity index (χ0n) is 3.42. The average Bonchev–Trinajstić information content (AvgIpc) is 1.39. The molecule has 0 fully saturated rings. The van der Waals surface area contributed by atoms with Gasteiger partial charge in [0.25, 0.3) is 6.47 Å². The minimum Gasteiger partial charge on any atom is -0.483 e. The van der Waals surface area contributed by atoms with Gasteiger partial charge in [0, 0.05) is 0 Å². The van der Waals surface area contributed by atoms with Gasteiger partial charge in [-0.05, 0) is 6.26 Å². The lowest BCUT2D eigenvalue weighted by Crippen LogP contribution is -1.64. The first-order chi connectivity index (χ1) is 2.83. The van der Waals surface area contributed by atoms with E-state index in [1.807, 2.05) is 6.26 Å². The fourth-order valence-corrected chi connectivity index (χ4v) is 0. The van der Waals surface area contributed by atoms with E-state index in [1.54, 1.807) is 0 Å². The highest BCUT2D eigenvalue weighted by Crippen LogP contribution is 1.59. The van der Waals surface area contributed by atoms with Crippen molar-refractivity contribution in [3.63, 3.8) is 0 Å². The summed E-state index contributed by atoms with van der Waals surface area (Å²) in [7, 11) is 0. The summed E-state index contributed by atoms with van der Waals surface area (Å²) in [5.74, 6) is 0. The van der Waals surface area contributed by atoms with Crippen LogP contribution in [0.3, 0.4) is 0 Å². The number of nitrogens with two attached hydrogens (primary N) is 1. The van der Waals surface area contributed by atoms with Crippen LogP contribution in [-0.2, 0) is 4.79 Å². The van der Waals surface area contributed by atoms with Crippen molar-refractivity contribution in [1.29, 1.82) is 0 Å². The minimum atomic E-state index is -0.250. The molecule has 0 saturated heterocycles. The lowest BCUT2D eigenvalue weighted by molar-refractivity contribution is -0.122. The van der Waals surface area contributed by atoms with Crippen LogP contribution in [0.5, 0.6) is 0 Å². The second kappa shape index (κ2) is 21.6. The van der Waals surface area contributed by atoms with Crippen molar-refractivity contribution in [3.05, 3.63) is 0 Å². The van der Waals surface area contributed by atoms with Crippen LogP contribution in [0.25, 0.3) is 0 Å². The molecule has 0 aliphatic carbocycles. The van der Waals surface area contributed by atoms with E-state index in [2.05, 4.69) is 0 Å². The monoisotopic (exact) mass is 109 g/mol. The molecule has 0 aromatic heterocycles. The third-order valence-corrected chi connectivity index (χ3v) is 0. The molecule has 38 valence electrons. The van der Waals surface area contributed by atoms with E-state index in [4.69, 9.17) is 15.0 Å². The lowest BCUT2D eigenvalue weighted by atomic mass is 11.7. The fraction of sp³-hybridized carbons (Fsp3) is 0.500. The highest BCUT2D eigenvalue weighted by Gasteiger charge is 1.31. The Hall–Kier alpha value is -0.220. The summed E-state index contributed by atoms with van der Waals surface area (Å²) in [5.41, 5.74) is 0. The quantitative estimate of drug-likeness (QED) is 0.337. The number of hydrogen-bond acceptors (Lipinski definition) is 3. The van der Waals surface area contributed by atoms with Crippen molar-refractivity contribution in [2.24, 2.45) is 5.14 Å². The van der Waals surface area contributed by atoms with Gasteiger partial charge < -0.3 is 5.11 Å². The molecule has 0 heterocycles. The Bertz CT molecular complexity index is 25.5. The standard InChI is InChI=1S/CH5NS.CH2O2/c1-3-2;2-1-3/h2H2,1H3;1H,(H,2,3). The number of carbonyl (C=O) groups is 1. The third kappa shape index (κ3) is 604. The minimum absolute atomic E-state index is 0.250. The zero-order valence-corrected chi connectivity index (χ0v) is 4.23. The Balaban J connectivity index is 0. The van der Waals surface area contributed by atoms with Gasteiger partial charge in [0.05, 0.1) is 0 Å². The van der Waals surface area contributed by atoms with Gasteiger partial charge in [0.2, 0.25) is 0 Å². The highest BCUT2D eigenvalue weighted by atomic mass is 32.2. The SMILES string of the molecule is CSN.O=CO. The van der Waals surface area contributed by atoms with E-state index in [9.17, 15) is 0 Å². The smallest absolute Gasteiger partial charge is 0.290 e. The molecule has 0 amide bonds. The molecule has 0 atom stereocenters. The summed E-state index contributed by atoms with van der Waals surface area (Å²) in [4.78, 5) is 8.36. The molecule has 0 aliphatic heterocycles. The summed E-state index contributed by atoms with van der Waals surface area (Å²) in [6.07, 6.45) is 1.82. The number of carboxylic acid groups (broad SMARTS) is 1. The molecule has 3 N–H and O–H groups in total. The maximum Gasteiger partial charge on any atom is 0.290 e. The number of rotatable bonds is 0. The summed E-state index contributed by atoms with van der Waals surface area (Å²) >= 11 is 1.25. The zero-order chi connectivity index (χ0) is 5.41. The predicted octanol–water partition coefficient (Wildman–Crippen LogP) is -0.0761. The molecule has 0 aliphatic rings. The maximum atomic E-state index is 8.36. The van der Waals surface area contributed by atoms with Gasteiger partial charge in [-0.15, -0.1) is 0 Å². The molecule has 0 rings (SSSR count). The molecular formula is C2H7NO2S. The van der Waals surface area contributed by atoms with Crippen molar-refractivity contribution in [3.8, 4) is 0 Å². The van der Waals surface area contributed by atoms with Crippen molar-refractivity contribution >= 4 is 18.4 Å². The second-order valence-electron chi connectivity index (χ2n) is 0.341. The maximum absolute atomic E-state index is 8.36. The van der Waals surface area contributed by atoms with Gasteiger partial charge in [-0.1, -0.05) is 11.9 Å². The van der Waals surface area contributed by atoms with Crippen LogP contribution in [0.2, 0.25) is 0 Å². The van der Waals surface area contributed by atoms with Crippen LogP contribution >= 0.6 is 11.9 Å². The molecule has 0 spiro atoms. The highest BCUT2D eigenvalue weighted by molar-refractivity contribution is 7.96.